The molecule has 180 valence electrons. The van der Waals surface area contributed by atoms with Crippen LogP contribution in [0, 0.1) is 5.92 Å². The molecule has 0 aliphatic rings. The largest absolute Gasteiger partial charge is 0.465 e. The Kier molecular flexibility index (Phi) is 24.3. The van der Waals surface area contributed by atoms with Crippen molar-refractivity contribution in [3.05, 3.63) is 0 Å². The Morgan fingerprint density at radius 1 is 0.500 bits per heavy atom. The van der Waals surface area contributed by atoms with Gasteiger partial charge in [0, 0.05) is 0 Å². The molecule has 0 saturated carbocycles. The Bertz CT molecular complexity index is 340. The molecule has 0 spiro atoms. The molecule has 0 aromatic rings. The third-order valence-electron chi connectivity index (χ3n) is 6.39. The van der Waals surface area contributed by atoms with E-state index in [9.17, 15) is 4.79 Å². The summed E-state index contributed by atoms with van der Waals surface area (Å²) >= 11 is 0. The van der Waals surface area contributed by atoms with Crippen molar-refractivity contribution in [2.75, 3.05) is 6.61 Å². The Hall–Kier alpha value is -0.530. The van der Waals surface area contributed by atoms with Gasteiger partial charge in [0.25, 0.3) is 0 Å². The van der Waals surface area contributed by atoms with Gasteiger partial charge < -0.3 is 4.74 Å². The van der Waals surface area contributed by atoms with Crippen LogP contribution in [0.25, 0.3) is 0 Å². The highest BCUT2D eigenvalue weighted by atomic mass is 16.5. The lowest BCUT2D eigenvalue weighted by molar-refractivity contribution is -0.149. The van der Waals surface area contributed by atoms with Gasteiger partial charge in [-0.25, -0.2) is 0 Å². The van der Waals surface area contributed by atoms with E-state index in [-0.39, 0.29) is 11.9 Å². The minimum atomic E-state index is 0.0948. The molecule has 2 nitrogen and oxygen atoms in total. The van der Waals surface area contributed by atoms with Gasteiger partial charge in [-0.1, -0.05) is 143 Å². The predicted molar refractivity (Wildman–Crippen MR) is 133 cm³/mol. The van der Waals surface area contributed by atoms with Crippen LogP contribution in [0.2, 0.25) is 0 Å². The van der Waals surface area contributed by atoms with Gasteiger partial charge in [0.1, 0.15) is 0 Å². The minimum absolute atomic E-state index is 0.0948. The van der Waals surface area contributed by atoms with E-state index in [4.69, 9.17) is 4.74 Å². The number of ether oxygens (including phenoxy) is 1. The Morgan fingerprint density at radius 2 is 0.833 bits per heavy atom. The molecule has 0 bridgehead atoms. The van der Waals surface area contributed by atoms with Crippen molar-refractivity contribution in [3.8, 4) is 0 Å². The monoisotopic (exact) mass is 424 g/mol. The molecular formula is C28H56O2. The maximum Gasteiger partial charge on any atom is 0.308 e. The molecule has 1 unspecified atom stereocenters. The summed E-state index contributed by atoms with van der Waals surface area (Å²) in [6, 6.07) is 0. The third kappa shape index (κ3) is 20.7. The summed E-state index contributed by atoms with van der Waals surface area (Å²) in [6.45, 7) is 7.42. The summed E-state index contributed by atoms with van der Waals surface area (Å²) in [5.74, 6) is 0.244. The molecule has 2 heteroatoms. The molecule has 0 radical (unpaired) electrons. The van der Waals surface area contributed by atoms with Crippen molar-refractivity contribution >= 4 is 5.97 Å². The summed E-state index contributed by atoms with van der Waals surface area (Å²) in [4.78, 5) is 12.6. The van der Waals surface area contributed by atoms with Crippen molar-refractivity contribution in [2.24, 2.45) is 5.92 Å². The van der Waals surface area contributed by atoms with Gasteiger partial charge in [0.05, 0.1) is 12.5 Å². The Balaban J connectivity index is 3.91. The lowest BCUT2D eigenvalue weighted by Gasteiger charge is -2.16. The molecule has 0 fully saturated rings. The molecule has 0 aliphatic heterocycles. The number of carbonyl (C=O) groups excluding carboxylic acids is 1. The lowest BCUT2D eigenvalue weighted by atomic mass is 9.94. The number of esters is 1. The van der Waals surface area contributed by atoms with Gasteiger partial charge in [-0.05, 0) is 19.3 Å². The molecule has 0 rings (SSSR count). The van der Waals surface area contributed by atoms with Crippen LogP contribution in [0.1, 0.15) is 162 Å². The minimum Gasteiger partial charge on any atom is -0.465 e. The Labute approximate surface area is 190 Å². The maximum absolute atomic E-state index is 12.6. The first-order valence-corrected chi connectivity index (χ1v) is 13.9. The van der Waals surface area contributed by atoms with Crippen LogP contribution in [-0.2, 0) is 9.53 Å². The fourth-order valence-electron chi connectivity index (χ4n) is 4.25. The predicted octanol–water partition coefficient (Wildman–Crippen LogP) is 9.79. The quantitative estimate of drug-likeness (QED) is 0.114. The Morgan fingerprint density at radius 3 is 1.27 bits per heavy atom. The highest BCUT2D eigenvalue weighted by Crippen LogP contribution is 2.21. The van der Waals surface area contributed by atoms with E-state index >= 15 is 0 Å². The second-order valence-corrected chi connectivity index (χ2v) is 9.45. The van der Waals surface area contributed by atoms with Gasteiger partial charge in [0.2, 0.25) is 0 Å². The van der Waals surface area contributed by atoms with Crippen LogP contribution in [0.5, 0.6) is 0 Å². The highest BCUT2D eigenvalue weighted by Gasteiger charge is 2.19. The lowest BCUT2D eigenvalue weighted by Crippen LogP contribution is -2.18. The molecule has 30 heavy (non-hydrogen) atoms. The SMILES string of the molecule is CCCCCCCCCCOC(=O)C(CCCCCC)CCCCCCCCCC. The van der Waals surface area contributed by atoms with E-state index in [1.54, 1.807) is 0 Å². The van der Waals surface area contributed by atoms with E-state index in [0.717, 1.165) is 19.3 Å². The van der Waals surface area contributed by atoms with Crippen LogP contribution in [-0.4, -0.2) is 12.6 Å². The molecule has 0 aliphatic carbocycles. The van der Waals surface area contributed by atoms with E-state index in [1.807, 2.05) is 0 Å². The summed E-state index contributed by atoms with van der Waals surface area (Å²) in [7, 11) is 0. The normalized spacial score (nSPS) is 12.2. The van der Waals surface area contributed by atoms with Crippen LogP contribution < -0.4 is 0 Å². The molecule has 0 heterocycles. The molecule has 1 atom stereocenters. The first-order chi connectivity index (χ1) is 14.8. The fourth-order valence-corrected chi connectivity index (χ4v) is 4.25. The molecular weight excluding hydrogens is 368 g/mol. The first kappa shape index (κ1) is 29.5. The number of hydrogen-bond acceptors (Lipinski definition) is 2. The maximum atomic E-state index is 12.6. The summed E-state index contributed by atoms with van der Waals surface area (Å²) in [5, 5.41) is 0. The third-order valence-corrected chi connectivity index (χ3v) is 6.39. The van der Waals surface area contributed by atoms with E-state index in [1.165, 1.54) is 122 Å². The second kappa shape index (κ2) is 24.7. The molecule has 0 saturated heterocycles. The van der Waals surface area contributed by atoms with Gasteiger partial charge in [-0.15, -0.1) is 0 Å². The molecule has 0 N–H and O–H groups in total. The van der Waals surface area contributed by atoms with Gasteiger partial charge >= 0.3 is 5.97 Å². The van der Waals surface area contributed by atoms with Crippen molar-refractivity contribution < 1.29 is 9.53 Å². The summed E-state index contributed by atoms with van der Waals surface area (Å²) in [5.41, 5.74) is 0. The van der Waals surface area contributed by atoms with E-state index < -0.39 is 0 Å². The van der Waals surface area contributed by atoms with Gasteiger partial charge in [-0.3, -0.25) is 4.79 Å². The van der Waals surface area contributed by atoms with E-state index in [0.29, 0.717) is 6.61 Å². The molecule has 0 aromatic carbocycles. The number of carbonyl (C=O) groups is 1. The zero-order valence-electron chi connectivity index (χ0n) is 21.2. The summed E-state index contributed by atoms with van der Waals surface area (Å²) in [6.07, 6.45) is 28.0. The smallest absolute Gasteiger partial charge is 0.308 e. The summed E-state index contributed by atoms with van der Waals surface area (Å²) < 4.78 is 5.69. The molecule has 0 amide bonds. The fraction of sp³-hybridized carbons (Fsp3) is 0.964. The van der Waals surface area contributed by atoms with Crippen molar-refractivity contribution in [3.63, 3.8) is 0 Å². The van der Waals surface area contributed by atoms with Gasteiger partial charge in [-0.2, -0.15) is 0 Å². The van der Waals surface area contributed by atoms with Crippen LogP contribution in [0.3, 0.4) is 0 Å². The van der Waals surface area contributed by atoms with Crippen LogP contribution in [0.15, 0.2) is 0 Å². The number of hydrogen-bond donors (Lipinski definition) is 0. The van der Waals surface area contributed by atoms with Crippen molar-refractivity contribution in [2.45, 2.75) is 162 Å². The average Bonchev–Trinajstić information content (AvgIpc) is 2.75. The first-order valence-electron chi connectivity index (χ1n) is 13.9. The zero-order chi connectivity index (χ0) is 22.1. The average molecular weight is 425 g/mol. The topological polar surface area (TPSA) is 26.3 Å². The van der Waals surface area contributed by atoms with E-state index in [2.05, 4.69) is 20.8 Å². The zero-order valence-corrected chi connectivity index (χ0v) is 21.2. The van der Waals surface area contributed by atoms with Crippen LogP contribution in [0.4, 0.5) is 0 Å². The van der Waals surface area contributed by atoms with Crippen molar-refractivity contribution in [1.82, 2.24) is 0 Å². The van der Waals surface area contributed by atoms with Crippen molar-refractivity contribution in [1.29, 1.82) is 0 Å². The van der Waals surface area contributed by atoms with Gasteiger partial charge in [0.15, 0.2) is 0 Å². The highest BCUT2D eigenvalue weighted by molar-refractivity contribution is 5.72. The van der Waals surface area contributed by atoms with Crippen LogP contribution >= 0.6 is 0 Å². The number of rotatable bonds is 24. The molecule has 0 aromatic heterocycles. The standard InChI is InChI=1S/C28H56O2/c1-4-7-10-13-15-17-19-22-25-27(24-21-12-9-6-3)28(29)30-26-23-20-18-16-14-11-8-5-2/h27H,4-26H2,1-3H3. The number of unbranched alkanes of at least 4 members (excludes halogenated alkanes) is 17. The second-order valence-electron chi connectivity index (χ2n) is 9.45.